The molecule has 0 bridgehead atoms. The van der Waals surface area contributed by atoms with Gasteiger partial charge in [-0.1, -0.05) is 13.0 Å². The summed E-state index contributed by atoms with van der Waals surface area (Å²) >= 11 is 0. The normalized spacial score (nSPS) is 11.1. The van der Waals surface area contributed by atoms with Gasteiger partial charge in [0.25, 0.3) is 0 Å². The van der Waals surface area contributed by atoms with E-state index in [1.165, 1.54) is 24.3 Å². The maximum absolute atomic E-state index is 11.4. The van der Waals surface area contributed by atoms with E-state index in [1.54, 1.807) is 0 Å². The lowest BCUT2D eigenvalue weighted by molar-refractivity contribution is 0.0505. The lowest BCUT2D eigenvalue weighted by Gasteiger charge is -2.04. The Morgan fingerprint density at radius 2 is 2.12 bits per heavy atom. The van der Waals surface area contributed by atoms with E-state index in [9.17, 15) is 13.2 Å². The minimum absolute atomic E-state index is 0.0987. The predicted octanol–water partition coefficient (Wildman–Crippen LogP) is 0.901. The van der Waals surface area contributed by atoms with Crippen LogP contribution in [0.2, 0.25) is 0 Å². The molecule has 0 saturated heterocycles. The van der Waals surface area contributed by atoms with Crippen LogP contribution >= 0.6 is 0 Å². The van der Waals surface area contributed by atoms with E-state index >= 15 is 0 Å². The summed E-state index contributed by atoms with van der Waals surface area (Å²) in [6, 6.07) is 5.45. The van der Waals surface area contributed by atoms with Crippen LogP contribution < -0.4 is 5.14 Å². The smallest absolute Gasteiger partial charge is 0.338 e. The first-order chi connectivity index (χ1) is 7.45. The third-order valence-corrected chi connectivity index (χ3v) is 2.75. The van der Waals surface area contributed by atoms with Crippen molar-refractivity contribution < 1.29 is 17.9 Å². The van der Waals surface area contributed by atoms with Crippen molar-refractivity contribution in [1.29, 1.82) is 0 Å². The van der Waals surface area contributed by atoms with Gasteiger partial charge in [-0.3, -0.25) is 0 Å². The first-order valence-corrected chi connectivity index (χ1v) is 6.29. The van der Waals surface area contributed by atoms with Crippen molar-refractivity contribution in [1.82, 2.24) is 0 Å². The van der Waals surface area contributed by atoms with Crippen molar-refractivity contribution in [2.75, 3.05) is 6.61 Å². The molecular weight excluding hydrogens is 230 g/mol. The molecule has 0 atom stereocenters. The van der Waals surface area contributed by atoms with Crippen LogP contribution in [0.3, 0.4) is 0 Å². The molecule has 0 amide bonds. The number of carbonyl (C=O) groups is 1. The van der Waals surface area contributed by atoms with Gasteiger partial charge >= 0.3 is 5.97 Å². The van der Waals surface area contributed by atoms with Gasteiger partial charge < -0.3 is 4.74 Å². The Morgan fingerprint density at radius 3 is 2.69 bits per heavy atom. The molecule has 0 aliphatic rings. The Bertz CT molecular complexity index is 481. The monoisotopic (exact) mass is 243 g/mol. The van der Waals surface area contributed by atoms with Crippen molar-refractivity contribution in [3.8, 4) is 0 Å². The highest BCUT2D eigenvalue weighted by atomic mass is 32.2. The Hall–Kier alpha value is -1.40. The molecule has 1 aromatic rings. The summed E-state index contributed by atoms with van der Waals surface area (Å²) in [5.41, 5.74) is 0.181. The predicted molar refractivity (Wildman–Crippen MR) is 58.4 cm³/mol. The molecule has 0 radical (unpaired) electrons. The Labute approximate surface area is 94.3 Å². The van der Waals surface area contributed by atoms with Gasteiger partial charge in [0, 0.05) is 0 Å². The average molecular weight is 243 g/mol. The maximum atomic E-state index is 11.4. The number of carbonyl (C=O) groups excluding carboxylic acids is 1. The summed E-state index contributed by atoms with van der Waals surface area (Å²) in [6.45, 7) is 2.17. The van der Waals surface area contributed by atoms with Crippen LogP contribution in [-0.2, 0) is 14.8 Å². The largest absolute Gasteiger partial charge is 0.462 e. The van der Waals surface area contributed by atoms with Crippen LogP contribution in [0.5, 0.6) is 0 Å². The van der Waals surface area contributed by atoms with E-state index in [2.05, 4.69) is 0 Å². The fraction of sp³-hybridized carbons (Fsp3) is 0.300. The number of ether oxygens (including phenoxy) is 1. The summed E-state index contributed by atoms with van der Waals surface area (Å²) in [5, 5.41) is 4.95. The minimum atomic E-state index is -3.79. The second-order valence-electron chi connectivity index (χ2n) is 3.21. The van der Waals surface area contributed by atoms with E-state index in [4.69, 9.17) is 9.88 Å². The zero-order chi connectivity index (χ0) is 12.2. The molecule has 0 spiro atoms. The van der Waals surface area contributed by atoms with Gasteiger partial charge in [0.1, 0.15) is 0 Å². The molecule has 0 saturated carbocycles. The average Bonchev–Trinajstić information content (AvgIpc) is 2.25. The number of nitrogens with two attached hydrogens (primary N) is 1. The molecule has 1 rings (SSSR count). The second-order valence-corrected chi connectivity index (χ2v) is 4.77. The van der Waals surface area contributed by atoms with Crippen molar-refractivity contribution in [3.05, 3.63) is 29.8 Å². The molecule has 0 aliphatic carbocycles. The molecule has 0 aliphatic heterocycles. The van der Waals surface area contributed by atoms with Crippen LogP contribution in [0.15, 0.2) is 29.2 Å². The maximum Gasteiger partial charge on any atom is 0.338 e. The Kier molecular flexibility index (Phi) is 4.03. The third-order valence-electron chi connectivity index (χ3n) is 1.84. The number of hydrogen-bond acceptors (Lipinski definition) is 4. The van der Waals surface area contributed by atoms with Crippen molar-refractivity contribution in [2.45, 2.75) is 18.2 Å². The van der Waals surface area contributed by atoms with E-state index in [-0.39, 0.29) is 10.5 Å². The molecule has 0 fully saturated rings. The molecule has 88 valence electrons. The van der Waals surface area contributed by atoms with Crippen molar-refractivity contribution in [2.24, 2.45) is 5.14 Å². The summed E-state index contributed by atoms with van der Waals surface area (Å²) in [4.78, 5) is 11.3. The minimum Gasteiger partial charge on any atom is -0.462 e. The number of primary sulfonamides is 1. The second kappa shape index (κ2) is 5.09. The number of rotatable bonds is 4. The van der Waals surface area contributed by atoms with Crippen LogP contribution in [0, 0.1) is 0 Å². The molecule has 0 heterocycles. The number of esters is 1. The van der Waals surface area contributed by atoms with Crippen LogP contribution in [0.4, 0.5) is 0 Å². The highest BCUT2D eigenvalue weighted by Gasteiger charge is 2.12. The molecular formula is C10H13NO4S. The quantitative estimate of drug-likeness (QED) is 0.796. The van der Waals surface area contributed by atoms with E-state index in [0.29, 0.717) is 13.0 Å². The topological polar surface area (TPSA) is 86.5 Å². The highest BCUT2D eigenvalue weighted by Crippen LogP contribution is 2.10. The summed E-state index contributed by atoms with van der Waals surface area (Å²) in [7, 11) is -3.79. The fourth-order valence-electron chi connectivity index (χ4n) is 1.08. The van der Waals surface area contributed by atoms with Crippen molar-refractivity contribution in [3.63, 3.8) is 0 Å². The van der Waals surface area contributed by atoms with Gasteiger partial charge in [-0.15, -0.1) is 0 Å². The number of sulfonamides is 1. The van der Waals surface area contributed by atoms with Crippen LogP contribution in [0.25, 0.3) is 0 Å². The first kappa shape index (κ1) is 12.7. The van der Waals surface area contributed by atoms with Gasteiger partial charge in [-0.25, -0.2) is 18.4 Å². The van der Waals surface area contributed by atoms with Gasteiger partial charge in [0.05, 0.1) is 17.1 Å². The molecule has 0 unspecified atom stereocenters. The van der Waals surface area contributed by atoms with Crippen LogP contribution in [0.1, 0.15) is 23.7 Å². The Balaban J connectivity index is 2.95. The summed E-state index contributed by atoms with van der Waals surface area (Å²) < 4.78 is 27.0. The highest BCUT2D eigenvalue weighted by molar-refractivity contribution is 7.89. The lowest BCUT2D eigenvalue weighted by atomic mass is 10.2. The molecule has 16 heavy (non-hydrogen) atoms. The molecule has 1 aromatic carbocycles. The van der Waals surface area contributed by atoms with E-state index in [1.807, 2.05) is 6.92 Å². The Morgan fingerprint density at radius 1 is 1.44 bits per heavy atom. The van der Waals surface area contributed by atoms with Crippen LogP contribution in [-0.4, -0.2) is 21.0 Å². The number of benzene rings is 1. The first-order valence-electron chi connectivity index (χ1n) is 4.75. The van der Waals surface area contributed by atoms with Gasteiger partial charge in [0.15, 0.2) is 0 Å². The van der Waals surface area contributed by atoms with Gasteiger partial charge in [-0.05, 0) is 24.6 Å². The summed E-state index contributed by atoms with van der Waals surface area (Å²) in [6.07, 6.45) is 0.709. The standard InChI is InChI=1S/C10H13NO4S/c1-2-6-15-10(12)8-4-3-5-9(7-8)16(11,13)14/h3-5,7H,2,6H2,1H3,(H2,11,13,14). The van der Waals surface area contributed by atoms with E-state index < -0.39 is 16.0 Å². The fourth-order valence-corrected chi connectivity index (χ4v) is 1.64. The lowest BCUT2D eigenvalue weighted by Crippen LogP contribution is -2.13. The van der Waals surface area contributed by atoms with E-state index in [0.717, 1.165) is 0 Å². The zero-order valence-corrected chi connectivity index (χ0v) is 9.66. The molecule has 0 aromatic heterocycles. The number of hydrogen-bond donors (Lipinski definition) is 1. The third kappa shape index (κ3) is 3.32. The molecule has 2 N–H and O–H groups in total. The molecule has 6 heteroatoms. The SMILES string of the molecule is CCCOC(=O)c1cccc(S(N)(=O)=O)c1. The zero-order valence-electron chi connectivity index (χ0n) is 8.84. The summed E-state index contributed by atoms with van der Waals surface area (Å²) in [5.74, 6) is -0.549. The van der Waals surface area contributed by atoms with Gasteiger partial charge in [-0.2, -0.15) is 0 Å². The van der Waals surface area contributed by atoms with Crippen molar-refractivity contribution >= 4 is 16.0 Å². The van der Waals surface area contributed by atoms with Gasteiger partial charge in [0.2, 0.25) is 10.0 Å². The molecule has 5 nitrogen and oxygen atoms in total.